The summed E-state index contributed by atoms with van der Waals surface area (Å²) in [6.07, 6.45) is 2.30. The molecule has 4 N–H and O–H groups in total. The quantitative estimate of drug-likeness (QED) is 0.458. The molecule has 1 rings (SSSR count). The summed E-state index contributed by atoms with van der Waals surface area (Å²) in [6, 6.07) is 0. The predicted octanol–water partition coefficient (Wildman–Crippen LogP) is 0.354. The van der Waals surface area contributed by atoms with Crippen LogP contribution in [-0.2, 0) is 4.79 Å². The van der Waals surface area contributed by atoms with E-state index >= 15 is 0 Å². The van der Waals surface area contributed by atoms with Gasteiger partial charge >= 0.3 is 0 Å². The van der Waals surface area contributed by atoms with E-state index in [1.807, 2.05) is 11.8 Å². The molecule has 0 unspecified atom stereocenters. The summed E-state index contributed by atoms with van der Waals surface area (Å²) >= 11 is 1.90. The van der Waals surface area contributed by atoms with Gasteiger partial charge < -0.3 is 5.73 Å². The molecular formula is C8H16N2O2S. The van der Waals surface area contributed by atoms with Gasteiger partial charge in [-0.3, -0.25) is 10.0 Å². The van der Waals surface area contributed by atoms with Crippen LogP contribution in [0.15, 0.2) is 0 Å². The summed E-state index contributed by atoms with van der Waals surface area (Å²) in [5, 5.41) is 8.43. The second-order valence-electron chi connectivity index (χ2n) is 3.53. The van der Waals surface area contributed by atoms with Crippen LogP contribution in [-0.4, -0.2) is 29.2 Å². The molecule has 13 heavy (non-hydrogen) atoms. The van der Waals surface area contributed by atoms with Crippen LogP contribution in [0.3, 0.4) is 0 Å². The lowest BCUT2D eigenvalue weighted by Crippen LogP contribution is -2.39. The molecule has 76 valence electrons. The van der Waals surface area contributed by atoms with Crippen LogP contribution < -0.4 is 11.2 Å². The average Bonchev–Trinajstić information content (AvgIpc) is 2.19. The number of carbonyl (C=O) groups excluding carboxylic acids is 1. The fourth-order valence-electron chi connectivity index (χ4n) is 1.64. The highest BCUT2D eigenvalue weighted by Crippen LogP contribution is 2.36. The summed E-state index contributed by atoms with van der Waals surface area (Å²) in [6.45, 7) is 0.529. The zero-order chi connectivity index (χ0) is 9.73. The molecule has 0 aliphatic carbocycles. The molecule has 0 spiro atoms. The monoisotopic (exact) mass is 204 g/mol. The van der Waals surface area contributed by atoms with E-state index in [0.717, 1.165) is 24.3 Å². The largest absolute Gasteiger partial charge is 0.330 e. The second-order valence-corrected chi connectivity index (χ2v) is 4.75. The number of nitrogens with one attached hydrogen (secondary N) is 1. The third-order valence-electron chi connectivity index (χ3n) is 2.65. The standard InChI is InChI=1S/C8H16N2O2S/c9-6-8(5-7(11)10-12)1-3-13-4-2-8/h12H,1-6,9H2,(H,10,11). The van der Waals surface area contributed by atoms with Gasteiger partial charge in [-0.2, -0.15) is 11.8 Å². The first kappa shape index (κ1) is 10.8. The fraction of sp³-hybridized carbons (Fsp3) is 0.875. The molecular weight excluding hydrogens is 188 g/mol. The number of carbonyl (C=O) groups is 1. The maximum atomic E-state index is 11.0. The number of rotatable bonds is 3. The van der Waals surface area contributed by atoms with Crippen LogP contribution in [0, 0.1) is 5.41 Å². The molecule has 1 heterocycles. The first-order chi connectivity index (χ1) is 6.22. The minimum Gasteiger partial charge on any atom is -0.330 e. The van der Waals surface area contributed by atoms with Crippen molar-refractivity contribution in [2.75, 3.05) is 18.1 Å². The summed E-state index contributed by atoms with van der Waals surface area (Å²) in [5.41, 5.74) is 7.27. The van der Waals surface area contributed by atoms with E-state index in [0.29, 0.717) is 13.0 Å². The average molecular weight is 204 g/mol. The van der Waals surface area contributed by atoms with Gasteiger partial charge in [-0.15, -0.1) is 0 Å². The van der Waals surface area contributed by atoms with Crippen molar-refractivity contribution in [3.05, 3.63) is 0 Å². The molecule has 4 nitrogen and oxygen atoms in total. The van der Waals surface area contributed by atoms with Gasteiger partial charge in [0.05, 0.1) is 0 Å². The Kier molecular flexibility index (Phi) is 4.02. The summed E-state index contributed by atoms with van der Waals surface area (Å²) in [4.78, 5) is 11.0. The van der Waals surface area contributed by atoms with Gasteiger partial charge in [-0.1, -0.05) is 0 Å². The Morgan fingerprint density at radius 3 is 2.62 bits per heavy atom. The van der Waals surface area contributed by atoms with Crippen LogP contribution >= 0.6 is 11.8 Å². The van der Waals surface area contributed by atoms with Crippen LogP contribution in [0.2, 0.25) is 0 Å². The van der Waals surface area contributed by atoms with E-state index in [2.05, 4.69) is 0 Å². The molecule has 1 aliphatic rings. The lowest BCUT2D eigenvalue weighted by molar-refractivity contribution is -0.131. The molecule has 5 heteroatoms. The first-order valence-corrected chi connectivity index (χ1v) is 5.59. The minimum atomic E-state index is -0.322. The van der Waals surface area contributed by atoms with E-state index in [-0.39, 0.29) is 11.3 Å². The number of thioether (sulfide) groups is 1. The van der Waals surface area contributed by atoms with Gasteiger partial charge in [-0.25, -0.2) is 5.48 Å². The van der Waals surface area contributed by atoms with Gasteiger partial charge in [0.2, 0.25) is 5.91 Å². The molecule has 1 amide bonds. The van der Waals surface area contributed by atoms with Crippen molar-refractivity contribution in [2.45, 2.75) is 19.3 Å². The number of hydrogen-bond acceptors (Lipinski definition) is 4. The molecule has 1 saturated heterocycles. The van der Waals surface area contributed by atoms with E-state index < -0.39 is 0 Å². The smallest absolute Gasteiger partial charge is 0.243 e. The number of hydrogen-bond donors (Lipinski definition) is 3. The van der Waals surface area contributed by atoms with Crippen LogP contribution in [0.4, 0.5) is 0 Å². The highest BCUT2D eigenvalue weighted by molar-refractivity contribution is 7.99. The molecule has 1 fully saturated rings. The third-order valence-corrected chi connectivity index (χ3v) is 3.63. The molecule has 0 saturated carbocycles. The topological polar surface area (TPSA) is 75.4 Å². The van der Waals surface area contributed by atoms with E-state index in [1.54, 1.807) is 5.48 Å². The van der Waals surface area contributed by atoms with Crippen LogP contribution in [0.5, 0.6) is 0 Å². The Morgan fingerprint density at radius 2 is 2.15 bits per heavy atom. The van der Waals surface area contributed by atoms with Crippen LogP contribution in [0.25, 0.3) is 0 Å². The Balaban J connectivity index is 2.52. The lowest BCUT2D eigenvalue weighted by Gasteiger charge is -2.34. The van der Waals surface area contributed by atoms with Crippen LogP contribution in [0.1, 0.15) is 19.3 Å². The van der Waals surface area contributed by atoms with Crippen molar-refractivity contribution in [3.63, 3.8) is 0 Å². The normalized spacial score (nSPS) is 21.1. The Hall–Kier alpha value is -0.260. The molecule has 1 aliphatic heterocycles. The lowest BCUT2D eigenvalue weighted by atomic mass is 9.79. The molecule has 0 aromatic heterocycles. The SMILES string of the molecule is NCC1(CC(=O)NO)CCSCC1. The van der Waals surface area contributed by atoms with Crippen molar-refractivity contribution in [3.8, 4) is 0 Å². The van der Waals surface area contributed by atoms with Gasteiger partial charge in [0.25, 0.3) is 0 Å². The Bertz CT molecular complexity index is 181. The van der Waals surface area contributed by atoms with Gasteiger partial charge in [-0.05, 0) is 36.3 Å². The Labute approximate surface area is 82.2 Å². The zero-order valence-electron chi connectivity index (χ0n) is 7.58. The number of nitrogens with two attached hydrogens (primary N) is 1. The fourth-order valence-corrected chi connectivity index (χ4v) is 3.00. The molecule has 0 aromatic carbocycles. The van der Waals surface area contributed by atoms with E-state index in [9.17, 15) is 4.79 Å². The summed E-state index contributed by atoms with van der Waals surface area (Å²) < 4.78 is 0. The van der Waals surface area contributed by atoms with Crippen molar-refractivity contribution in [1.82, 2.24) is 5.48 Å². The maximum absolute atomic E-state index is 11.0. The third kappa shape index (κ3) is 2.86. The van der Waals surface area contributed by atoms with Crippen molar-refractivity contribution >= 4 is 17.7 Å². The number of hydroxylamine groups is 1. The molecule has 0 atom stereocenters. The second kappa shape index (κ2) is 4.83. The molecule has 0 aromatic rings. The Morgan fingerprint density at radius 1 is 1.54 bits per heavy atom. The van der Waals surface area contributed by atoms with Gasteiger partial charge in [0.15, 0.2) is 0 Å². The van der Waals surface area contributed by atoms with Crippen molar-refractivity contribution in [1.29, 1.82) is 0 Å². The predicted molar refractivity (Wildman–Crippen MR) is 52.6 cm³/mol. The first-order valence-electron chi connectivity index (χ1n) is 4.43. The zero-order valence-corrected chi connectivity index (χ0v) is 8.40. The number of amides is 1. The summed E-state index contributed by atoms with van der Waals surface area (Å²) in [7, 11) is 0. The highest BCUT2D eigenvalue weighted by atomic mass is 32.2. The molecule has 0 bridgehead atoms. The minimum absolute atomic E-state index is 0.0714. The maximum Gasteiger partial charge on any atom is 0.243 e. The van der Waals surface area contributed by atoms with E-state index in [1.165, 1.54) is 0 Å². The molecule has 0 radical (unpaired) electrons. The highest BCUT2D eigenvalue weighted by Gasteiger charge is 2.33. The summed E-state index contributed by atoms with van der Waals surface area (Å²) in [5.74, 6) is 1.81. The van der Waals surface area contributed by atoms with Crippen molar-refractivity contribution in [2.24, 2.45) is 11.1 Å². The van der Waals surface area contributed by atoms with E-state index in [4.69, 9.17) is 10.9 Å². The van der Waals surface area contributed by atoms with Gasteiger partial charge in [0.1, 0.15) is 0 Å². The van der Waals surface area contributed by atoms with Gasteiger partial charge in [0, 0.05) is 6.42 Å². The van der Waals surface area contributed by atoms with Crippen molar-refractivity contribution < 1.29 is 10.0 Å².